The van der Waals surface area contributed by atoms with E-state index in [1.165, 1.54) is 0 Å². The summed E-state index contributed by atoms with van der Waals surface area (Å²) in [5.41, 5.74) is 0. The Morgan fingerprint density at radius 2 is 1.83 bits per heavy atom. The van der Waals surface area contributed by atoms with Crippen LogP contribution in [0.3, 0.4) is 0 Å². The molecule has 1 N–H and O–H groups in total. The highest BCUT2D eigenvalue weighted by Gasteiger charge is 2.21. The summed E-state index contributed by atoms with van der Waals surface area (Å²) in [6, 6.07) is 0.882. The molecule has 0 saturated carbocycles. The molecular weight excluding hydrogens is 228 g/mol. The summed E-state index contributed by atoms with van der Waals surface area (Å²) in [6.45, 7) is 8.35. The first kappa shape index (κ1) is 15.2. The fourth-order valence-electron chi connectivity index (χ4n) is 2.29. The maximum atomic E-state index is 11.7. The minimum Gasteiger partial charge on any atom is -0.353 e. The minimum atomic E-state index is 0.0276. The molecule has 4 nitrogen and oxygen atoms in total. The van der Waals surface area contributed by atoms with E-state index in [0.29, 0.717) is 31.3 Å². The normalized spacial score (nSPS) is 18.0. The van der Waals surface area contributed by atoms with Crippen LogP contribution in [-0.4, -0.2) is 41.8 Å². The van der Waals surface area contributed by atoms with Crippen LogP contribution in [0.2, 0.25) is 0 Å². The average molecular weight is 254 g/mol. The van der Waals surface area contributed by atoms with Gasteiger partial charge < -0.3 is 10.2 Å². The lowest BCUT2D eigenvalue weighted by molar-refractivity contribution is -0.126. The van der Waals surface area contributed by atoms with Crippen LogP contribution < -0.4 is 5.32 Å². The Bertz CT molecular complexity index is 282. The van der Waals surface area contributed by atoms with E-state index in [1.807, 2.05) is 6.92 Å². The fraction of sp³-hybridized carbons (Fsp3) is 0.857. The van der Waals surface area contributed by atoms with Gasteiger partial charge in [-0.3, -0.25) is 9.59 Å². The van der Waals surface area contributed by atoms with Gasteiger partial charge in [0.1, 0.15) is 5.78 Å². The van der Waals surface area contributed by atoms with Crippen molar-refractivity contribution in [3.8, 4) is 0 Å². The second-order valence-corrected chi connectivity index (χ2v) is 5.36. The lowest BCUT2D eigenvalue weighted by atomic mass is 10.0. The highest BCUT2D eigenvalue weighted by Crippen LogP contribution is 2.13. The fourth-order valence-corrected chi connectivity index (χ4v) is 2.29. The van der Waals surface area contributed by atoms with Crippen LogP contribution in [0.1, 0.15) is 52.9 Å². The van der Waals surface area contributed by atoms with Gasteiger partial charge >= 0.3 is 0 Å². The van der Waals surface area contributed by atoms with Crippen LogP contribution in [0.25, 0.3) is 0 Å². The minimum absolute atomic E-state index is 0.0276. The molecule has 0 unspecified atom stereocenters. The van der Waals surface area contributed by atoms with Gasteiger partial charge in [-0.15, -0.1) is 0 Å². The predicted octanol–water partition coefficient (Wildman–Crippen LogP) is 1.73. The summed E-state index contributed by atoms with van der Waals surface area (Å²) in [4.78, 5) is 25.2. The van der Waals surface area contributed by atoms with Crippen LogP contribution >= 0.6 is 0 Å². The number of rotatable bonds is 6. The number of hydrogen-bond acceptors (Lipinski definition) is 3. The van der Waals surface area contributed by atoms with Gasteiger partial charge in [-0.25, -0.2) is 0 Å². The van der Waals surface area contributed by atoms with E-state index in [9.17, 15) is 9.59 Å². The quantitative estimate of drug-likeness (QED) is 0.785. The summed E-state index contributed by atoms with van der Waals surface area (Å²) in [7, 11) is 0. The van der Waals surface area contributed by atoms with Gasteiger partial charge in [-0.2, -0.15) is 0 Å². The molecule has 1 aliphatic heterocycles. The molecule has 0 aromatic heterocycles. The topological polar surface area (TPSA) is 49.4 Å². The predicted molar refractivity (Wildman–Crippen MR) is 72.4 cm³/mol. The first-order valence-corrected chi connectivity index (χ1v) is 7.08. The third-order valence-corrected chi connectivity index (χ3v) is 3.65. The smallest absolute Gasteiger partial charge is 0.220 e. The molecule has 0 atom stereocenters. The van der Waals surface area contributed by atoms with Crippen LogP contribution in [-0.2, 0) is 9.59 Å². The number of carbonyl (C=O) groups excluding carboxylic acids is 2. The molecule has 1 heterocycles. The monoisotopic (exact) mass is 254 g/mol. The highest BCUT2D eigenvalue weighted by atomic mass is 16.2. The number of amides is 1. The maximum Gasteiger partial charge on any atom is 0.220 e. The average Bonchev–Trinajstić information content (AvgIpc) is 2.36. The standard InChI is InChI=1S/C14H26N2O2/c1-4-13(17)5-6-14(18)15-12-7-9-16(10-8-12)11(2)3/h11-12H,4-10H2,1-3H3,(H,15,18). The molecule has 104 valence electrons. The second kappa shape index (κ2) is 7.52. The third-order valence-electron chi connectivity index (χ3n) is 3.65. The van der Waals surface area contributed by atoms with E-state index in [0.717, 1.165) is 25.9 Å². The lowest BCUT2D eigenvalue weighted by Crippen LogP contribution is -2.46. The number of likely N-dealkylation sites (tertiary alicyclic amines) is 1. The summed E-state index contributed by atoms with van der Waals surface area (Å²) in [6.07, 6.45) is 3.29. The van der Waals surface area contributed by atoms with Crippen molar-refractivity contribution in [3.05, 3.63) is 0 Å². The molecule has 0 aromatic carbocycles. The van der Waals surface area contributed by atoms with E-state index >= 15 is 0 Å². The Labute approximate surface area is 110 Å². The third kappa shape index (κ3) is 5.17. The van der Waals surface area contributed by atoms with E-state index in [-0.39, 0.29) is 11.7 Å². The molecule has 1 saturated heterocycles. The number of ketones is 1. The molecule has 0 aromatic rings. The largest absolute Gasteiger partial charge is 0.353 e. The van der Waals surface area contributed by atoms with Crippen molar-refractivity contribution in [2.45, 2.75) is 65.0 Å². The van der Waals surface area contributed by atoms with Crippen molar-refractivity contribution in [1.29, 1.82) is 0 Å². The Morgan fingerprint density at radius 3 is 2.33 bits per heavy atom. The first-order valence-electron chi connectivity index (χ1n) is 7.08. The van der Waals surface area contributed by atoms with E-state index in [1.54, 1.807) is 0 Å². The summed E-state index contributed by atoms with van der Waals surface area (Å²) < 4.78 is 0. The van der Waals surface area contributed by atoms with Gasteiger partial charge in [-0.05, 0) is 26.7 Å². The maximum absolute atomic E-state index is 11.7. The van der Waals surface area contributed by atoms with Crippen molar-refractivity contribution in [2.24, 2.45) is 0 Å². The molecular formula is C14H26N2O2. The Morgan fingerprint density at radius 1 is 1.22 bits per heavy atom. The summed E-state index contributed by atoms with van der Waals surface area (Å²) >= 11 is 0. The zero-order valence-corrected chi connectivity index (χ0v) is 11.9. The number of piperidine rings is 1. The van der Waals surface area contributed by atoms with Gasteiger partial charge in [0.05, 0.1) is 0 Å². The molecule has 0 spiro atoms. The van der Waals surface area contributed by atoms with Crippen molar-refractivity contribution < 1.29 is 9.59 Å². The molecule has 0 aliphatic carbocycles. The number of hydrogen-bond donors (Lipinski definition) is 1. The molecule has 1 amide bonds. The van der Waals surface area contributed by atoms with Gasteiger partial charge in [0.2, 0.25) is 5.91 Å². The summed E-state index contributed by atoms with van der Waals surface area (Å²) in [5.74, 6) is 0.194. The summed E-state index contributed by atoms with van der Waals surface area (Å²) in [5, 5.41) is 3.04. The van der Waals surface area contributed by atoms with Crippen LogP contribution in [0.15, 0.2) is 0 Å². The zero-order valence-electron chi connectivity index (χ0n) is 11.9. The molecule has 4 heteroatoms. The lowest BCUT2D eigenvalue weighted by Gasteiger charge is -2.34. The van der Waals surface area contributed by atoms with Crippen LogP contribution in [0.4, 0.5) is 0 Å². The first-order chi connectivity index (χ1) is 8.52. The Balaban J connectivity index is 2.20. The van der Waals surface area contributed by atoms with Crippen molar-refractivity contribution in [1.82, 2.24) is 10.2 Å². The number of nitrogens with zero attached hydrogens (tertiary/aromatic N) is 1. The molecule has 18 heavy (non-hydrogen) atoms. The van der Waals surface area contributed by atoms with Crippen molar-refractivity contribution in [2.75, 3.05) is 13.1 Å². The van der Waals surface area contributed by atoms with Gasteiger partial charge in [-0.1, -0.05) is 6.92 Å². The molecule has 1 aliphatic rings. The zero-order chi connectivity index (χ0) is 13.5. The molecule has 1 fully saturated rings. The number of Topliss-reactive ketones (excluding diaryl/α,β-unsaturated/α-hetero) is 1. The van der Waals surface area contributed by atoms with Crippen molar-refractivity contribution in [3.63, 3.8) is 0 Å². The van der Waals surface area contributed by atoms with Crippen LogP contribution in [0.5, 0.6) is 0 Å². The van der Waals surface area contributed by atoms with Gasteiger partial charge in [0.25, 0.3) is 0 Å². The SMILES string of the molecule is CCC(=O)CCC(=O)NC1CCN(C(C)C)CC1. The van der Waals surface area contributed by atoms with Gasteiger partial charge in [0, 0.05) is 44.4 Å². The Kier molecular flexibility index (Phi) is 6.33. The molecule has 1 rings (SSSR count). The number of carbonyl (C=O) groups is 2. The second-order valence-electron chi connectivity index (χ2n) is 5.36. The highest BCUT2D eigenvalue weighted by molar-refractivity contribution is 5.84. The van der Waals surface area contributed by atoms with E-state index in [4.69, 9.17) is 0 Å². The molecule has 0 radical (unpaired) electrons. The van der Waals surface area contributed by atoms with Gasteiger partial charge in [0.15, 0.2) is 0 Å². The Hall–Kier alpha value is -0.900. The van der Waals surface area contributed by atoms with Crippen molar-refractivity contribution >= 4 is 11.7 Å². The number of nitrogens with one attached hydrogen (secondary N) is 1. The van der Waals surface area contributed by atoms with Crippen LogP contribution in [0, 0.1) is 0 Å². The van der Waals surface area contributed by atoms with E-state index < -0.39 is 0 Å². The van der Waals surface area contributed by atoms with E-state index in [2.05, 4.69) is 24.1 Å². The molecule has 0 bridgehead atoms.